The molecule has 0 fully saturated rings. The van der Waals surface area contributed by atoms with E-state index in [1.807, 2.05) is 6.07 Å². The van der Waals surface area contributed by atoms with Gasteiger partial charge in [-0.2, -0.15) is 5.01 Å². The van der Waals surface area contributed by atoms with Gasteiger partial charge in [-0.1, -0.05) is 12.1 Å². The topological polar surface area (TPSA) is 76.6 Å². The van der Waals surface area contributed by atoms with Gasteiger partial charge in [0, 0.05) is 11.1 Å². The van der Waals surface area contributed by atoms with E-state index >= 15 is 0 Å². The molecule has 0 bridgehead atoms. The summed E-state index contributed by atoms with van der Waals surface area (Å²) in [4.78, 5) is 11.4. The Morgan fingerprint density at radius 1 is 1.33 bits per heavy atom. The Hall–Kier alpha value is -1.47. The highest BCUT2D eigenvalue weighted by Crippen LogP contribution is 2.44. The van der Waals surface area contributed by atoms with Crippen LogP contribution in [0.3, 0.4) is 0 Å². The van der Waals surface area contributed by atoms with Crippen LogP contribution in [0.4, 0.5) is 0 Å². The number of hydrazine groups is 1. The van der Waals surface area contributed by atoms with Crippen LogP contribution in [-0.4, -0.2) is 37.5 Å². The van der Waals surface area contributed by atoms with E-state index in [0.29, 0.717) is 5.56 Å². The van der Waals surface area contributed by atoms with Crippen LogP contribution in [0.25, 0.3) is 0 Å². The second-order valence-electron chi connectivity index (χ2n) is 4.12. The minimum absolute atomic E-state index is 0.122. The summed E-state index contributed by atoms with van der Waals surface area (Å²) >= 11 is 0. The molecule has 1 aliphatic heterocycles. The van der Waals surface area contributed by atoms with Crippen molar-refractivity contribution < 1.29 is 9.90 Å². The Morgan fingerprint density at radius 3 is 2.50 bits per heavy atom. The van der Waals surface area contributed by atoms with Crippen molar-refractivity contribution in [1.29, 1.82) is 0 Å². The molecule has 1 aliphatic rings. The van der Waals surface area contributed by atoms with Crippen molar-refractivity contribution in [3.8, 4) is 5.75 Å². The molecule has 1 unspecified atom stereocenters. The number of carbonyl (C=O) groups is 1. The third-order valence-corrected chi connectivity index (χ3v) is 3.50. The lowest BCUT2D eigenvalue weighted by Gasteiger charge is -2.39. The van der Waals surface area contributed by atoms with Gasteiger partial charge in [0.05, 0.1) is 0 Å². The minimum atomic E-state index is -0.728. The fourth-order valence-corrected chi connectivity index (χ4v) is 2.72. The lowest BCUT2D eigenvalue weighted by atomic mass is 10.0. The Balaban J connectivity index is 2.70. The largest absolute Gasteiger partial charge is 0.508 e. The molecule has 0 aromatic heterocycles. The number of hydrogen-bond donors (Lipinski definition) is 4. The monoisotopic (exact) mass is 250 g/mol. The number of benzene rings is 1. The molecule has 0 radical (unpaired) electrons. The van der Waals surface area contributed by atoms with Crippen molar-refractivity contribution >= 4 is 6.29 Å². The molecule has 1 aromatic rings. The van der Waals surface area contributed by atoms with Crippen molar-refractivity contribution in [2.45, 2.75) is 11.8 Å². The molecule has 6 heteroatoms. The van der Waals surface area contributed by atoms with Crippen LogP contribution in [0, 0.1) is 0 Å². The molecule has 1 atom stereocenters. The molecule has 4 N–H and O–H groups in total. The second-order valence-corrected chi connectivity index (χ2v) is 4.12. The molecule has 0 saturated carbocycles. The number of aromatic hydroxyl groups is 1. The molecule has 0 saturated heterocycles. The average Bonchev–Trinajstić information content (AvgIpc) is 2.69. The van der Waals surface area contributed by atoms with Gasteiger partial charge in [0.25, 0.3) is 0 Å². The normalized spacial score (nSPS) is 21.8. The van der Waals surface area contributed by atoms with E-state index in [1.165, 1.54) is 0 Å². The van der Waals surface area contributed by atoms with Crippen molar-refractivity contribution in [2.24, 2.45) is 0 Å². The number of phenols is 1. The maximum Gasteiger partial charge on any atom is 0.166 e. The second kappa shape index (κ2) is 4.66. The smallest absolute Gasteiger partial charge is 0.166 e. The number of nitrogens with zero attached hydrogens (tertiary/aromatic N) is 1. The highest BCUT2D eigenvalue weighted by molar-refractivity contribution is 5.68. The molecule has 18 heavy (non-hydrogen) atoms. The van der Waals surface area contributed by atoms with Crippen LogP contribution in [0.1, 0.15) is 17.2 Å². The van der Waals surface area contributed by atoms with E-state index in [2.05, 4.69) is 16.1 Å². The zero-order valence-electron chi connectivity index (χ0n) is 10.7. The summed E-state index contributed by atoms with van der Waals surface area (Å²) in [5.41, 5.74) is 4.45. The Kier molecular flexibility index (Phi) is 3.36. The highest BCUT2D eigenvalue weighted by atomic mass is 16.3. The number of nitrogens with one attached hydrogen (secondary N) is 3. The average molecular weight is 250 g/mol. The fourth-order valence-electron chi connectivity index (χ4n) is 2.72. The van der Waals surface area contributed by atoms with Crippen LogP contribution in [0.15, 0.2) is 18.2 Å². The summed E-state index contributed by atoms with van der Waals surface area (Å²) in [5, 5.41) is 18.1. The van der Waals surface area contributed by atoms with E-state index in [0.717, 1.165) is 11.8 Å². The van der Waals surface area contributed by atoms with Gasteiger partial charge in [-0.05, 0) is 27.2 Å². The molecule has 1 heterocycles. The molecule has 2 rings (SSSR count). The highest BCUT2D eigenvalue weighted by Gasteiger charge is 2.49. The van der Waals surface area contributed by atoms with E-state index in [9.17, 15) is 9.90 Å². The number of carbonyl (C=O) groups excluding carboxylic acids is 1. The molecule has 0 amide bonds. The third kappa shape index (κ3) is 1.47. The molecule has 6 nitrogen and oxygen atoms in total. The summed E-state index contributed by atoms with van der Waals surface area (Å²) < 4.78 is 0. The zero-order valence-corrected chi connectivity index (χ0v) is 10.7. The van der Waals surface area contributed by atoms with Gasteiger partial charge in [0.2, 0.25) is 0 Å². The fraction of sp³-hybridized carbons (Fsp3) is 0.417. The molecule has 0 spiro atoms. The first-order chi connectivity index (χ1) is 8.66. The summed E-state index contributed by atoms with van der Waals surface area (Å²) in [6.07, 6.45) is 0.811. The lowest BCUT2D eigenvalue weighted by Crippen LogP contribution is -2.63. The quantitative estimate of drug-likeness (QED) is 0.431. The van der Waals surface area contributed by atoms with Crippen LogP contribution < -0.4 is 16.1 Å². The van der Waals surface area contributed by atoms with Crippen LogP contribution in [0.2, 0.25) is 0 Å². The molecular formula is C12H18N4O2. The predicted octanol–water partition coefficient (Wildman–Crippen LogP) is -0.369. The minimum Gasteiger partial charge on any atom is -0.508 e. The molecular weight excluding hydrogens is 232 g/mol. The van der Waals surface area contributed by atoms with Crippen LogP contribution in [0.5, 0.6) is 5.75 Å². The van der Waals surface area contributed by atoms with Gasteiger partial charge < -0.3 is 9.90 Å². The SMILES string of the molecule is CNN1C(C=O)c2c(O)cccc2C1(NC)NC. The maximum absolute atomic E-state index is 11.4. The van der Waals surface area contributed by atoms with Crippen LogP contribution >= 0.6 is 0 Å². The Bertz CT molecular complexity index is 459. The van der Waals surface area contributed by atoms with Crippen molar-refractivity contribution in [3.05, 3.63) is 29.3 Å². The number of rotatable bonds is 4. The molecule has 1 aromatic carbocycles. The van der Waals surface area contributed by atoms with E-state index in [1.54, 1.807) is 38.3 Å². The van der Waals surface area contributed by atoms with Gasteiger partial charge in [-0.3, -0.25) is 16.1 Å². The molecule has 98 valence electrons. The summed E-state index contributed by atoms with van der Waals surface area (Å²) in [7, 11) is 5.33. The molecule has 0 aliphatic carbocycles. The van der Waals surface area contributed by atoms with Crippen molar-refractivity contribution in [2.75, 3.05) is 21.1 Å². The van der Waals surface area contributed by atoms with Crippen molar-refractivity contribution in [3.63, 3.8) is 0 Å². The van der Waals surface area contributed by atoms with Gasteiger partial charge >= 0.3 is 0 Å². The van der Waals surface area contributed by atoms with Gasteiger partial charge in [-0.25, -0.2) is 0 Å². The Morgan fingerprint density at radius 2 is 2.00 bits per heavy atom. The predicted molar refractivity (Wildman–Crippen MR) is 67.6 cm³/mol. The summed E-state index contributed by atoms with van der Waals surface area (Å²) in [5.74, 6) is -0.605. The number of aldehydes is 1. The third-order valence-electron chi connectivity index (χ3n) is 3.50. The van der Waals surface area contributed by atoms with Gasteiger partial charge in [-0.15, -0.1) is 0 Å². The van der Waals surface area contributed by atoms with E-state index in [4.69, 9.17) is 0 Å². The first-order valence-electron chi connectivity index (χ1n) is 5.78. The number of hydrogen-bond acceptors (Lipinski definition) is 6. The van der Waals surface area contributed by atoms with Crippen LogP contribution in [-0.2, 0) is 10.6 Å². The lowest BCUT2D eigenvalue weighted by molar-refractivity contribution is -0.118. The van der Waals surface area contributed by atoms with Crippen molar-refractivity contribution in [1.82, 2.24) is 21.1 Å². The number of fused-ring (bicyclic) bond motifs is 1. The first-order valence-corrected chi connectivity index (χ1v) is 5.78. The summed E-state index contributed by atoms with van der Waals surface area (Å²) in [6.45, 7) is 0. The Labute approximate surface area is 106 Å². The van der Waals surface area contributed by atoms with Gasteiger partial charge in [0.15, 0.2) is 5.79 Å². The summed E-state index contributed by atoms with van der Waals surface area (Å²) in [6, 6.07) is 4.69. The maximum atomic E-state index is 11.4. The number of phenolic OH excluding ortho intramolecular Hbond substituents is 1. The standard InChI is InChI=1S/C12H18N4O2/c1-13-12(14-2)8-5-4-6-10(18)11(8)9(7-17)16(12)15-3/h4-7,9,13-15,18H,1-3H3. The zero-order chi connectivity index (χ0) is 13.3. The van der Waals surface area contributed by atoms with E-state index in [-0.39, 0.29) is 5.75 Å². The first kappa shape index (κ1) is 13.0. The van der Waals surface area contributed by atoms with E-state index < -0.39 is 11.8 Å². The van der Waals surface area contributed by atoms with Gasteiger partial charge in [0.1, 0.15) is 18.1 Å².